The van der Waals surface area contributed by atoms with Gasteiger partial charge < -0.3 is 10.5 Å². The van der Waals surface area contributed by atoms with E-state index < -0.39 is 0 Å². The molecule has 1 unspecified atom stereocenters. The molecule has 21 heavy (non-hydrogen) atoms. The Kier molecular flexibility index (Phi) is 4.97. The molecule has 0 spiro atoms. The van der Waals surface area contributed by atoms with Gasteiger partial charge in [-0.1, -0.05) is 0 Å². The van der Waals surface area contributed by atoms with Crippen LogP contribution in [0.4, 0.5) is 0 Å². The molecule has 0 amide bonds. The molecule has 7 heteroatoms. The summed E-state index contributed by atoms with van der Waals surface area (Å²) in [7, 11) is 5.62. The maximum absolute atomic E-state index is 6.03. The van der Waals surface area contributed by atoms with Crippen molar-refractivity contribution in [1.29, 1.82) is 0 Å². The van der Waals surface area contributed by atoms with Crippen LogP contribution in [0.5, 0.6) is 5.88 Å². The van der Waals surface area contributed by atoms with E-state index in [4.69, 9.17) is 10.5 Å². The van der Waals surface area contributed by atoms with Crippen LogP contribution in [0.15, 0.2) is 5.51 Å². The molecule has 0 aliphatic carbocycles. The molecule has 0 aromatic carbocycles. The zero-order chi connectivity index (χ0) is 15.6. The van der Waals surface area contributed by atoms with Gasteiger partial charge in [-0.15, -0.1) is 11.3 Å². The van der Waals surface area contributed by atoms with E-state index in [0.717, 1.165) is 29.4 Å². The molecule has 0 aliphatic rings. The molecule has 0 saturated heterocycles. The van der Waals surface area contributed by atoms with E-state index in [0.29, 0.717) is 6.54 Å². The van der Waals surface area contributed by atoms with Gasteiger partial charge in [0, 0.05) is 25.0 Å². The zero-order valence-electron chi connectivity index (χ0n) is 13.3. The molecule has 1 atom stereocenters. The van der Waals surface area contributed by atoms with Crippen molar-refractivity contribution >= 4 is 11.3 Å². The van der Waals surface area contributed by atoms with Gasteiger partial charge in [0.15, 0.2) is 0 Å². The summed E-state index contributed by atoms with van der Waals surface area (Å²) in [5.41, 5.74) is 11.0. The number of nitrogens with two attached hydrogens (primary N) is 1. The summed E-state index contributed by atoms with van der Waals surface area (Å²) >= 11 is 1.67. The SMILES string of the molecule is COc1c(C(CN)N(C)Cc2scnc2C)c(C)nn1C. The summed E-state index contributed by atoms with van der Waals surface area (Å²) in [5, 5.41) is 4.45. The third kappa shape index (κ3) is 3.09. The van der Waals surface area contributed by atoms with Crippen molar-refractivity contribution in [3.8, 4) is 5.88 Å². The molecule has 2 rings (SSSR count). The van der Waals surface area contributed by atoms with E-state index in [1.807, 2.05) is 26.4 Å². The molecule has 6 nitrogen and oxygen atoms in total. The van der Waals surface area contributed by atoms with Gasteiger partial charge in [-0.3, -0.25) is 4.90 Å². The number of rotatable bonds is 6. The minimum Gasteiger partial charge on any atom is -0.481 e. The summed E-state index contributed by atoms with van der Waals surface area (Å²) in [6, 6.07) is 0.0650. The Bertz CT molecular complexity index is 607. The molecule has 0 saturated carbocycles. The normalized spacial score (nSPS) is 12.9. The fourth-order valence-electron chi connectivity index (χ4n) is 2.61. The number of hydrogen-bond acceptors (Lipinski definition) is 6. The van der Waals surface area contributed by atoms with E-state index in [-0.39, 0.29) is 6.04 Å². The molecular weight excluding hydrogens is 286 g/mol. The lowest BCUT2D eigenvalue weighted by molar-refractivity contribution is 0.235. The highest BCUT2D eigenvalue weighted by atomic mass is 32.1. The van der Waals surface area contributed by atoms with E-state index in [2.05, 4.69) is 22.0 Å². The van der Waals surface area contributed by atoms with Crippen molar-refractivity contribution in [2.24, 2.45) is 12.8 Å². The lowest BCUT2D eigenvalue weighted by Crippen LogP contribution is -2.30. The Hall–Kier alpha value is -1.44. The van der Waals surface area contributed by atoms with E-state index in [1.54, 1.807) is 23.1 Å². The molecule has 116 valence electrons. The summed E-state index contributed by atoms with van der Waals surface area (Å²) in [5.74, 6) is 0.774. The lowest BCUT2D eigenvalue weighted by Gasteiger charge is -2.27. The van der Waals surface area contributed by atoms with Crippen molar-refractivity contribution in [1.82, 2.24) is 19.7 Å². The maximum Gasteiger partial charge on any atom is 0.216 e. The third-order valence-corrected chi connectivity index (χ3v) is 4.65. The number of aryl methyl sites for hydroxylation is 3. The van der Waals surface area contributed by atoms with E-state index >= 15 is 0 Å². The van der Waals surface area contributed by atoms with Gasteiger partial charge in [-0.05, 0) is 20.9 Å². The molecule has 0 fully saturated rings. The highest BCUT2D eigenvalue weighted by molar-refractivity contribution is 7.09. The van der Waals surface area contributed by atoms with Crippen LogP contribution < -0.4 is 10.5 Å². The molecule has 2 heterocycles. The second kappa shape index (κ2) is 6.55. The predicted molar refractivity (Wildman–Crippen MR) is 84.6 cm³/mol. The number of nitrogens with zero attached hydrogens (tertiary/aromatic N) is 4. The van der Waals surface area contributed by atoms with Crippen molar-refractivity contribution in [2.45, 2.75) is 26.4 Å². The van der Waals surface area contributed by atoms with Crippen LogP contribution >= 0.6 is 11.3 Å². The highest BCUT2D eigenvalue weighted by Gasteiger charge is 2.26. The van der Waals surface area contributed by atoms with Gasteiger partial charge >= 0.3 is 0 Å². The van der Waals surface area contributed by atoms with Crippen molar-refractivity contribution in [3.05, 3.63) is 27.3 Å². The van der Waals surface area contributed by atoms with Crippen LogP contribution in [0.3, 0.4) is 0 Å². The van der Waals surface area contributed by atoms with Crippen molar-refractivity contribution in [3.63, 3.8) is 0 Å². The van der Waals surface area contributed by atoms with E-state index in [9.17, 15) is 0 Å². The predicted octanol–water partition coefficient (Wildman–Crippen LogP) is 1.63. The standard InChI is InChI=1S/C14H23N5OS/c1-9-12(21-8-16-9)7-18(3)11(6-15)13-10(2)17-19(4)14(13)20-5/h8,11H,6-7,15H2,1-5H3. The summed E-state index contributed by atoms with van der Waals surface area (Å²) in [6.07, 6.45) is 0. The first-order valence-corrected chi connectivity index (χ1v) is 7.74. The summed E-state index contributed by atoms with van der Waals surface area (Å²) in [6.45, 7) is 5.35. The monoisotopic (exact) mass is 309 g/mol. The highest BCUT2D eigenvalue weighted by Crippen LogP contribution is 2.32. The van der Waals surface area contributed by atoms with Crippen LogP contribution in [-0.4, -0.2) is 40.4 Å². The van der Waals surface area contributed by atoms with E-state index in [1.165, 1.54) is 4.88 Å². The van der Waals surface area contributed by atoms with Crippen molar-refractivity contribution in [2.75, 3.05) is 20.7 Å². The molecular formula is C14H23N5OS. The zero-order valence-corrected chi connectivity index (χ0v) is 14.1. The Balaban J connectivity index is 2.29. The van der Waals surface area contributed by atoms with Crippen LogP contribution in [-0.2, 0) is 13.6 Å². The van der Waals surface area contributed by atoms with Gasteiger partial charge in [0.25, 0.3) is 0 Å². The smallest absolute Gasteiger partial charge is 0.216 e. The molecule has 2 aromatic heterocycles. The molecule has 0 radical (unpaired) electrons. The van der Waals surface area contributed by atoms with Gasteiger partial charge in [0.1, 0.15) is 0 Å². The molecule has 2 N–H and O–H groups in total. The number of thiazole rings is 1. The second-order valence-corrected chi connectivity index (χ2v) is 6.10. The van der Waals surface area contributed by atoms with Crippen molar-refractivity contribution < 1.29 is 4.74 Å². The van der Waals surface area contributed by atoms with Gasteiger partial charge in [0.05, 0.1) is 35.6 Å². The van der Waals surface area contributed by atoms with Gasteiger partial charge in [-0.2, -0.15) is 5.10 Å². The maximum atomic E-state index is 6.03. The fraction of sp³-hybridized carbons (Fsp3) is 0.571. The lowest BCUT2D eigenvalue weighted by atomic mass is 10.1. The number of ether oxygens (including phenoxy) is 1. The number of hydrogen-bond donors (Lipinski definition) is 1. The Morgan fingerprint density at radius 2 is 2.14 bits per heavy atom. The van der Waals surface area contributed by atoms with Gasteiger partial charge in [0.2, 0.25) is 5.88 Å². The number of likely N-dealkylation sites (N-methyl/N-ethyl adjacent to an activating group) is 1. The Morgan fingerprint density at radius 3 is 2.67 bits per heavy atom. The van der Waals surface area contributed by atoms with Crippen LogP contribution in [0.25, 0.3) is 0 Å². The molecule has 0 aliphatic heterocycles. The largest absolute Gasteiger partial charge is 0.481 e. The minimum atomic E-state index is 0.0650. The number of methoxy groups -OCH3 is 1. The van der Waals surface area contributed by atoms with Crippen LogP contribution in [0, 0.1) is 13.8 Å². The quantitative estimate of drug-likeness (QED) is 0.878. The first-order valence-electron chi connectivity index (χ1n) is 6.86. The number of aromatic nitrogens is 3. The first-order chi connectivity index (χ1) is 9.99. The average molecular weight is 309 g/mol. The molecule has 2 aromatic rings. The Morgan fingerprint density at radius 1 is 1.43 bits per heavy atom. The fourth-order valence-corrected chi connectivity index (χ4v) is 3.45. The second-order valence-electron chi connectivity index (χ2n) is 5.16. The molecule has 0 bridgehead atoms. The van der Waals surface area contributed by atoms with Crippen LogP contribution in [0.2, 0.25) is 0 Å². The third-order valence-electron chi connectivity index (χ3n) is 3.73. The van der Waals surface area contributed by atoms with Crippen LogP contribution in [0.1, 0.15) is 27.9 Å². The topological polar surface area (TPSA) is 69.2 Å². The Labute approximate surface area is 129 Å². The first kappa shape index (κ1) is 15.9. The van der Waals surface area contributed by atoms with Gasteiger partial charge in [-0.25, -0.2) is 9.67 Å². The summed E-state index contributed by atoms with van der Waals surface area (Å²) < 4.78 is 7.26. The summed E-state index contributed by atoms with van der Waals surface area (Å²) in [4.78, 5) is 7.79. The average Bonchev–Trinajstić information content (AvgIpc) is 2.95. The minimum absolute atomic E-state index is 0.0650.